The number of benzene rings is 1. The molecule has 0 aliphatic carbocycles. The molecule has 0 saturated heterocycles. The van der Waals surface area contributed by atoms with Crippen molar-refractivity contribution in [3.63, 3.8) is 0 Å². The van der Waals surface area contributed by atoms with Crippen molar-refractivity contribution in [2.75, 3.05) is 12.4 Å². The van der Waals surface area contributed by atoms with E-state index in [2.05, 4.69) is 6.92 Å². The lowest BCUT2D eigenvalue weighted by molar-refractivity contribution is -0.107. The number of carbonyl (C=O) groups is 1. The Labute approximate surface area is 95.0 Å². The number of carbonyl (C=O) groups excluding carboxylic acids is 1. The second-order valence-electron chi connectivity index (χ2n) is 3.12. The van der Waals surface area contributed by atoms with Crippen LogP contribution in [0.25, 0.3) is 0 Å². The average molecular weight is 224 g/mol. The standard InChI is InChI=1S/C12H16O2S/c1-2-9-14-11-4-6-12(7-5-11)15-10-3-8-13/h4-8H,2-3,9-10H2,1H3. The van der Waals surface area contributed by atoms with E-state index in [4.69, 9.17) is 4.74 Å². The maximum Gasteiger partial charge on any atom is 0.120 e. The SMILES string of the molecule is CCCOc1ccc(SCCC=O)cc1. The van der Waals surface area contributed by atoms with Crippen LogP contribution in [-0.2, 0) is 4.79 Å². The normalized spacial score (nSPS) is 9.93. The Balaban J connectivity index is 2.38. The molecule has 82 valence electrons. The molecule has 0 aromatic heterocycles. The Bertz CT molecular complexity index is 282. The number of rotatable bonds is 7. The lowest BCUT2D eigenvalue weighted by Gasteiger charge is -2.05. The highest BCUT2D eigenvalue weighted by Gasteiger charge is 1.95. The van der Waals surface area contributed by atoms with Gasteiger partial charge >= 0.3 is 0 Å². The maximum absolute atomic E-state index is 10.1. The second-order valence-corrected chi connectivity index (χ2v) is 4.29. The molecule has 0 bridgehead atoms. The molecule has 1 aromatic rings. The third-order valence-corrected chi connectivity index (χ3v) is 2.85. The largest absolute Gasteiger partial charge is 0.494 e. The minimum absolute atomic E-state index is 0.610. The summed E-state index contributed by atoms with van der Waals surface area (Å²) in [5.41, 5.74) is 0. The van der Waals surface area contributed by atoms with Crippen LogP contribution < -0.4 is 4.74 Å². The Hall–Kier alpha value is -0.960. The van der Waals surface area contributed by atoms with E-state index in [-0.39, 0.29) is 0 Å². The number of thioether (sulfide) groups is 1. The molecule has 0 aliphatic rings. The third kappa shape index (κ3) is 4.88. The van der Waals surface area contributed by atoms with Crippen LogP contribution in [0.15, 0.2) is 29.2 Å². The van der Waals surface area contributed by atoms with Crippen molar-refractivity contribution >= 4 is 18.0 Å². The molecule has 2 nitrogen and oxygen atoms in total. The summed E-state index contributed by atoms with van der Waals surface area (Å²) < 4.78 is 5.47. The number of ether oxygens (including phenoxy) is 1. The van der Waals surface area contributed by atoms with Crippen LogP contribution in [0.4, 0.5) is 0 Å². The predicted octanol–water partition coefficient (Wildman–Crippen LogP) is 3.16. The van der Waals surface area contributed by atoms with Gasteiger partial charge in [-0.3, -0.25) is 0 Å². The van der Waals surface area contributed by atoms with Crippen LogP contribution in [0.1, 0.15) is 19.8 Å². The minimum Gasteiger partial charge on any atom is -0.494 e. The molecule has 0 spiro atoms. The molecule has 0 atom stereocenters. The van der Waals surface area contributed by atoms with E-state index in [0.29, 0.717) is 6.42 Å². The molecule has 0 amide bonds. The van der Waals surface area contributed by atoms with Crippen LogP contribution in [0, 0.1) is 0 Å². The van der Waals surface area contributed by atoms with E-state index in [0.717, 1.165) is 30.8 Å². The van der Waals surface area contributed by atoms with Gasteiger partial charge in [-0.1, -0.05) is 6.92 Å². The zero-order chi connectivity index (χ0) is 10.9. The average Bonchev–Trinajstić information content (AvgIpc) is 2.28. The summed E-state index contributed by atoms with van der Waals surface area (Å²) in [5.74, 6) is 1.76. The van der Waals surface area contributed by atoms with E-state index in [1.165, 1.54) is 4.90 Å². The quantitative estimate of drug-likeness (QED) is 0.404. The van der Waals surface area contributed by atoms with E-state index in [9.17, 15) is 4.79 Å². The molecule has 0 fully saturated rings. The molecule has 15 heavy (non-hydrogen) atoms. The van der Waals surface area contributed by atoms with Crippen molar-refractivity contribution < 1.29 is 9.53 Å². The van der Waals surface area contributed by atoms with Gasteiger partial charge in [0, 0.05) is 17.1 Å². The summed E-state index contributed by atoms with van der Waals surface area (Å²) in [6, 6.07) is 8.00. The zero-order valence-electron chi connectivity index (χ0n) is 8.94. The van der Waals surface area contributed by atoms with Gasteiger partial charge in [-0.05, 0) is 30.7 Å². The Kier molecular flexibility index (Phi) is 5.93. The van der Waals surface area contributed by atoms with Crippen molar-refractivity contribution in [1.29, 1.82) is 0 Å². The van der Waals surface area contributed by atoms with Gasteiger partial charge in [0.15, 0.2) is 0 Å². The summed E-state index contributed by atoms with van der Waals surface area (Å²) in [6.07, 6.45) is 2.58. The molecule has 0 radical (unpaired) electrons. The molecular formula is C12H16O2S. The Morgan fingerprint density at radius 2 is 2.07 bits per heavy atom. The summed E-state index contributed by atoms with van der Waals surface area (Å²) in [4.78, 5) is 11.3. The smallest absolute Gasteiger partial charge is 0.120 e. The molecule has 0 aliphatic heterocycles. The minimum atomic E-state index is 0.610. The van der Waals surface area contributed by atoms with Gasteiger partial charge < -0.3 is 9.53 Å². The fraction of sp³-hybridized carbons (Fsp3) is 0.417. The molecule has 1 rings (SSSR count). The third-order valence-electron chi connectivity index (χ3n) is 1.80. The predicted molar refractivity (Wildman–Crippen MR) is 63.6 cm³/mol. The number of hydrogen-bond donors (Lipinski definition) is 0. The van der Waals surface area contributed by atoms with Gasteiger partial charge in [0.05, 0.1) is 6.61 Å². The van der Waals surface area contributed by atoms with Crippen LogP contribution in [0.3, 0.4) is 0 Å². The van der Waals surface area contributed by atoms with Gasteiger partial charge in [-0.25, -0.2) is 0 Å². The molecule has 3 heteroatoms. The van der Waals surface area contributed by atoms with Crippen molar-refractivity contribution in [1.82, 2.24) is 0 Å². The van der Waals surface area contributed by atoms with Gasteiger partial charge in [0.2, 0.25) is 0 Å². The van der Waals surface area contributed by atoms with Crippen LogP contribution in [0.2, 0.25) is 0 Å². The van der Waals surface area contributed by atoms with Gasteiger partial charge in [0.25, 0.3) is 0 Å². The van der Waals surface area contributed by atoms with E-state index in [1.807, 2.05) is 24.3 Å². The number of aldehydes is 1. The highest BCUT2D eigenvalue weighted by Crippen LogP contribution is 2.21. The van der Waals surface area contributed by atoms with Gasteiger partial charge in [0.1, 0.15) is 12.0 Å². The number of hydrogen-bond acceptors (Lipinski definition) is 3. The van der Waals surface area contributed by atoms with Crippen molar-refractivity contribution in [2.45, 2.75) is 24.7 Å². The highest BCUT2D eigenvalue weighted by atomic mass is 32.2. The summed E-state index contributed by atoms with van der Waals surface area (Å²) in [6.45, 7) is 2.85. The first kappa shape index (κ1) is 12.1. The molecule has 0 heterocycles. The van der Waals surface area contributed by atoms with E-state index < -0.39 is 0 Å². The Morgan fingerprint density at radius 3 is 2.67 bits per heavy atom. The van der Waals surface area contributed by atoms with Gasteiger partial charge in [-0.2, -0.15) is 0 Å². The second kappa shape index (κ2) is 7.35. The zero-order valence-corrected chi connectivity index (χ0v) is 9.76. The van der Waals surface area contributed by atoms with Crippen LogP contribution in [0.5, 0.6) is 5.75 Å². The molecule has 0 N–H and O–H groups in total. The van der Waals surface area contributed by atoms with E-state index >= 15 is 0 Å². The maximum atomic E-state index is 10.1. The first-order valence-corrected chi connectivity index (χ1v) is 6.14. The first-order valence-electron chi connectivity index (χ1n) is 5.16. The van der Waals surface area contributed by atoms with Crippen LogP contribution >= 0.6 is 11.8 Å². The fourth-order valence-corrected chi connectivity index (χ4v) is 1.86. The summed E-state index contributed by atoms with van der Waals surface area (Å²) >= 11 is 1.69. The fourth-order valence-electron chi connectivity index (χ4n) is 1.08. The molecular weight excluding hydrogens is 208 g/mol. The summed E-state index contributed by atoms with van der Waals surface area (Å²) in [5, 5.41) is 0. The summed E-state index contributed by atoms with van der Waals surface area (Å²) in [7, 11) is 0. The van der Waals surface area contributed by atoms with Crippen molar-refractivity contribution in [3.8, 4) is 5.75 Å². The molecule has 0 unspecified atom stereocenters. The van der Waals surface area contributed by atoms with Gasteiger partial charge in [-0.15, -0.1) is 11.8 Å². The Morgan fingerprint density at radius 1 is 1.33 bits per heavy atom. The van der Waals surface area contributed by atoms with Crippen LogP contribution in [-0.4, -0.2) is 18.6 Å². The molecule has 0 saturated carbocycles. The topological polar surface area (TPSA) is 26.3 Å². The molecule has 1 aromatic carbocycles. The van der Waals surface area contributed by atoms with Crippen molar-refractivity contribution in [2.24, 2.45) is 0 Å². The monoisotopic (exact) mass is 224 g/mol. The van der Waals surface area contributed by atoms with Crippen molar-refractivity contribution in [3.05, 3.63) is 24.3 Å². The highest BCUT2D eigenvalue weighted by molar-refractivity contribution is 7.99. The van der Waals surface area contributed by atoms with E-state index in [1.54, 1.807) is 11.8 Å². The lowest BCUT2D eigenvalue weighted by atomic mass is 10.3. The lowest BCUT2D eigenvalue weighted by Crippen LogP contribution is -1.94. The first-order chi connectivity index (χ1) is 7.36.